The molecule has 216 valence electrons. The van der Waals surface area contributed by atoms with E-state index in [1.54, 1.807) is 0 Å². The highest BCUT2D eigenvalue weighted by atomic mass is 31.2. The van der Waals surface area contributed by atoms with E-state index in [9.17, 15) is 9.36 Å². The first-order valence-electron chi connectivity index (χ1n) is 15.5. The van der Waals surface area contributed by atoms with Crippen LogP contribution in [0.2, 0.25) is 0 Å². The van der Waals surface area contributed by atoms with Crippen LogP contribution in [0, 0.1) is 0 Å². The minimum absolute atomic E-state index is 0.0722. The van der Waals surface area contributed by atoms with Crippen LogP contribution in [0.4, 0.5) is 0 Å². The molecular formula is C30H63N2O3P. The summed E-state index contributed by atoms with van der Waals surface area (Å²) in [4.78, 5) is 14.2. The van der Waals surface area contributed by atoms with Gasteiger partial charge in [0.05, 0.1) is 6.61 Å². The Balaban J connectivity index is 3.54. The minimum Gasteiger partial charge on any atom is -0.328 e. The second-order valence-corrected chi connectivity index (χ2v) is 14.1. The van der Waals surface area contributed by atoms with E-state index in [0.29, 0.717) is 50.4 Å². The van der Waals surface area contributed by atoms with Crippen molar-refractivity contribution >= 4 is 13.2 Å². The highest BCUT2D eigenvalue weighted by molar-refractivity contribution is 7.58. The summed E-state index contributed by atoms with van der Waals surface area (Å²) in [6.07, 6.45) is 25.3. The van der Waals surface area contributed by atoms with Gasteiger partial charge in [0.25, 0.3) is 0 Å². The molecule has 0 rings (SSSR count). The van der Waals surface area contributed by atoms with Gasteiger partial charge in [-0.25, -0.2) is 0 Å². The average Bonchev–Trinajstić information content (AvgIpc) is 2.85. The maximum Gasteiger partial charge on any atom is 0.202 e. The van der Waals surface area contributed by atoms with E-state index in [2.05, 4.69) is 6.92 Å². The van der Waals surface area contributed by atoms with Gasteiger partial charge in [-0.2, -0.15) is 0 Å². The highest BCUT2D eigenvalue weighted by Gasteiger charge is 2.22. The molecule has 2 atom stereocenters. The number of hydrogen-bond acceptors (Lipinski definition) is 5. The number of carbonyl (C=O) groups excluding carboxylic acids is 1. The summed E-state index contributed by atoms with van der Waals surface area (Å²) in [5.41, 5.74) is 6.21. The number of hydrogen-bond donors (Lipinski definition) is 1. The molecule has 0 radical (unpaired) electrons. The van der Waals surface area contributed by atoms with Crippen LogP contribution in [0.15, 0.2) is 0 Å². The molecule has 0 saturated heterocycles. The zero-order chi connectivity index (χ0) is 26.9. The fourth-order valence-corrected chi connectivity index (χ4v) is 6.32. The van der Waals surface area contributed by atoms with Crippen LogP contribution in [-0.4, -0.2) is 56.3 Å². The predicted molar refractivity (Wildman–Crippen MR) is 159 cm³/mol. The normalized spacial score (nSPS) is 14.3. The van der Waals surface area contributed by atoms with Crippen molar-refractivity contribution in [3.63, 3.8) is 0 Å². The molecule has 0 aromatic heterocycles. The van der Waals surface area contributed by atoms with E-state index >= 15 is 0 Å². The molecule has 0 heterocycles. The number of nitrogens with two attached hydrogens (primary N) is 1. The zero-order valence-electron chi connectivity index (χ0n) is 24.7. The minimum atomic E-state index is -2.60. The van der Waals surface area contributed by atoms with Gasteiger partial charge in [-0.15, -0.1) is 0 Å². The van der Waals surface area contributed by atoms with Crippen LogP contribution in [0.1, 0.15) is 142 Å². The maximum absolute atomic E-state index is 12.8. The van der Waals surface area contributed by atoms with Crippen molar-refractivity contribution in [3.8, 4) is 0 Å². The molecule has 2 unspecified atom stereocenters. The van der Waals surface area contributed by atoms with Crippen LogP contribution in [-0.2, 0) is 13.9 Å². The van der Waals surface area contributed by atoms with E-state index in [1.165, 1.54) is 96.3 Å². The summed E-state index contributed by atoms with van der Waals surface area (Å²) >= 11 is 0. The topological polar surface area (TPSA) is 72.6 Å². The molecule has 0 aromatic rings. The van der Waals surface area contributed by atoms with Crippen molar-refractivity contribution in [1.82, 2.24) is 4.90 Å². The standard InChI is InChI=1S/C30H63N2O3P/c1-5-7-8-9-10-11-12-13-14-15-16-17-18-19-20-21-22-30(33)24-23-29(31)25-28-36(34,6-2)35-27-26-32(3)4/h29H,5-28,31H2,1-4H3. The first-order valence-corrected chi connectivity index (χ1v) is 17.5. The van der Waals surface area contributed by atoms with Crippen molar-refractivity contribution in [2.45, 2.75) is 148 Å². The molecular weight excluding hydrogens is 467 g/mol. The van der Waals surface area contributed by atoms with Gasteiger partial charge in [-0.05, 0) is 33.4 Å². The summed E-state index contributed by atoms with van der Waals surface area (Å²) in [6, 6.07) is -0.0722. The third kappa shape index (κ3) is 24.1. The number of ketones is 1. The van der Waals surface area contributed by atoms with Gasteiger partial charge in [-0.3, -0.25) is 9.36 Å². The van der Waals surface area contributed by atoms with E-state index in [-0.39, 0.29) is 6.04 Å². The van der Waals surface area contributed by atoms with Crippen molar-refractivity contribution in [3.05, 3.63) is 0 Å². The first-order chi connectivity index (χ1) is 17.3. The van der Waals surface area contributed by atoms with Gasteiger partial charge in [-0.1, -0.05) is 110 Å². The van der Waals surface area contributed by atoms with Gasteiger partial charge < -0.3 is 15.2 Å². The van der Waals surface area contributed by atoms with E-state index < -0.39 is 7.37 Å². The predicted octanol–water partition coefficient (Wildman–Crippen LogP) is 8.58. The number of rotatable bonds is 28. The van der Waals surface area contributed by atoms with Crippen LogP contribution >= 0.6 is 7.37 Å². The van der Waals surface area contributed by atoms with Gasteiger partial charge in [0.1, 0.15) is 5.78 Å². The van der Waals surface area contributed by atoms with Crippen LogP contribution in [0.3, 0.4) is 0 Å². The Labute approximate surface area is 225 Å². The van der Waals surface area contributed by atoms with Crippen LogP contribution < -0.4 is 5.73 Å². The van der Waals surface area contributed by atoms with Gasteiger partial charge in [0, 0.05) is 37.8 Å². The molecule has 0 aliphatic heterocycles. The largest absolute Gasteiger partial charge is 0.328 e. The molecule has 5 nitrogen and oxygen atoms in total. The summed E-state index contributed by atoms with van der Waals surface area (Å²) in [5, 5.41) is 0. The first kappa shape index (κ1) is 35.8. The second kappa shape index (κ2) is 25.1. The van der Waals surface area contributed by atoms with Gasteiger partial charge in [0.15, 0.2) is 0 Å². The Hall–Kier alpha value is -0.220. The number of likely N-dealkylation sites (N-methyl/N-ethyl adjacent to an activating group) is 1. The Morgan fingerprint density at radius 2 is 1.22 bits per heavy atom. The van der Waals surface area contributed by atoms with Crippen LogP contribution in [0.5, 0.6) is 0 Å². The molecule has 0 aliphatic carbocycles. The number of unbranched alkanes of at least 4 members (excludes halogenated alkanes) is 15. The van der Waals surface area contributed by atoms with Gasteiger partial charge >= 0.3 is 0 Å². The SMILES string of the molecule is CCCCCCCCCCCCCCCCCCC(=O)CCC(N)CCP(=O)(CC)OCCN(C)C. The quantitative estimate of drug-likeness (QED) is 0.0810. The Morgan fingerprint density at radius 1 is 0.750 bits per heavy atom. The van der Waals surface area contributed by atoms with Crippen LogP contribution in [0.25, 0.3) is 0 Å². The Bertz CT molecular complexity index is 542. The summed E-state index contributed by atoms with van der Waals surface area (Å²) in [6.45, 7) is 5.46. The second-order valence-electron chi connectivity index (χ2n) is 11.2. The molecule has 0 amide bonds. The molecule has 6 heteroatoms. The molecule has 0 aromatic carbocycles. The van der Waals surface area contributed by atoms with Crippen molar-refractivity contribution in [2.24, 2.45) is 5.73 Å². The monoisotopic (exact) mass is 530 g/mol. The highest BCUT2D eigenvalue weighted by Crippen LogP contribution is 2.47. The molecule has 0 aliphatic rings. The van der Waals surface area contributed by atoms with Crippen molar-refractivity contribution in [1.29, 1.82) is 0 Å². The smallest absolute Gasteiger partial charge is 0.202 e. The molecule has 0 bridgehead atoms. The summed E-state index contributed by atoms with van der Waals surface area (Å²) in [7, 11) is 1.36. The lowest BCUT2D eigenvalue weighted by Gasteiger charge is -2.20. The molecule has 2 N–H and O–H groups in total. The zero-order valence-corrected chi connectivity index (χ0v) is 25.6. The van der Waals surface area contributed by atoms with Crippen molar-refractivity contribution in [2.75, 3.05) is 39.6 Å². The number of carbonyl (C=O) groups is 1. The molecule has 36 heavy (non-hydrogen) atoms. The molecule has 0 saturated carbocycles. The lowest BCUT2D eigenvalue weighted by molar-refractivity contribution is -0.119. The number of Topliss-reactive ketones (excluding diaryl/α,β-unsaturated/α-hetero) is 1. The van der Waals surface area contributed by atoms with Gasteiger partial charge in [0.2, 0.25) is 7.37 Å². The van der Waals surface area contributed by atoms with E-state index in [1.807, 2.05) is 25.9 Å². The summed E-state index contributed by atoms with van der Waals surface area (Å²) < 4.78 is 18.5. The Kier molecular flexibility index (Phi) is 24.9. The third-order valence-corrected chi connectivity index (χ3v) is 9.85. The maximum atomic E-state index is 12.8. The fourth-order valence-electron chi connectivity index (χ4n) is 4.55. The third-order valence-electron chi connectivity index (χ3n) is 7.29. The van der Waals surface area contributed by atoms with E-state index in [4.69, 9.17) is 10.3 Å². The number of nitrogens with zero attached hydrogens (tertiary/aromatic N) is 1. The lowest BCUT2D eigenvalue weighted by atomic mass is 10.0. The van der Waals surface area contributed by atoms with E-state index in [0.717, 1.165) is 13.0 Å². The summed E-state index contributed by atoms with van der Waals surface area (Å²) in [5.74, 6) is 0.330. The average molecular weight is 531 g/mol. The molecule has 0 fully saturated rings. The Morgan fingerprint density at radius 3 is 1.67 bits per heavy atom. The molecule has 0 spiro atoms. The fraction of sp³-hybridized carbons (Fsp3) is 0.967. The lowest BCUT2D eigenvalue weighted by Crippen LogP contribution is -2.23. The van der Waals surface area contributed by atoms with Crippen molar-refractivity contribution < 1.29 is 13.9 Å².